The normalized spacial score (nSPS) is 13.6. The third-order valence-corrected chi connectivity index (χ3v) is 3.73. The minimum atomic E-state index is -0.982. The highest BCUT2D eigenvalue weighted by molar-refractivity contribution is 7.98. The number of carbonyl (C=O) groups is 2. The van der Waals surface area contributed by atoms with Gasteiger partial charge in [-0.05, 0) is 31.8 Å². The zero-order valence-corrected chi connectivity index (χ0v) is 13.6. The number of carboxylic acids is 1. The Kier molecular flexibility index (Phi) is 11.3. The van der Waals surface area contributed by atoms with Gasteiger partial charge in [0.2, 0.25) is 0 Å². The maximum Gasteiger partial charge on any atom is 0.326 e. The number of thioether (sulfide) groups is 1. The highest BCUT2D eigenvalue weighted by atomic mass is 32.2. The molecule has 0 bridgehead atoms. The summed E-state index contributed by atoms with van der Waals surface area (Å²) in [6, 6.07) is -1.13. The number of urea groups is 1. The van der Waals surface area contributed by atoms with Gasteiger partial charge in [0.1, 0.15) is 6.04 Å². The molecule has 6 heteroatoms. The third-order valence-electron chi connectivity index (χ3n) is 3.08. The van der Waals surface area contributed by atoms with Crippen LogP contribution in [0.5, 0.6) is 0 Å². The van der Waals surface area contributed by atoms with Gasteiger partial charge < -0.3 is 15.7 Å². The third kappa shape index (κ3) is 9.95. The van der Waals surface area contributed by atoms with E-state index < -0.39 is 12.0 Å². The van der Waals surface area contributed by atoms with Gasteiger partial charge in [0.25, 0.3) is 0 Å². The lowest BCUT2D eigenvalue weighted by Gasteiger charge is -2.18. The Morgan fingerprint density at radius 2 is 1.85 bits per heavy atom. The first-order valence-corrected chi connectivity index (χ1v) is 8.69. The van der Waals surface area contributed by atoms with Gasteiger partial charge in [-0.15, -0.1) is 0 Å². The topological polar surface area (TPSA) is 78.4 Å². The first-order chi connectivity index (χ1) is 9.51. The van der Waals surface area contributed by atoms with Crippen LogP contribution in [0.1, 0.15) is 52.4 Å². The second-order valence-corrected chi connectivity index (χ2v) is 6.03. The molecule has 2 unspecified atom stereocenters. The van der Waals surface area contributed by atoms with Gasteiger partial charge in [0.05, 0.1) is 0 Å². The lowest BCUT2D eigenvalue weighted by Crippen LogP contribution is -2.48. The average Bonchev–Trinajstić information content (AvgIpc) is 2.39. The van der Waals surface area contributed by atoms with E-state index in [0.717, 1.165) is 12.8 Å². The van der Waals surface area contributed by atoms with Crippen LogP contribution >= 0.6 is 11.8 Å². The Hall–Kier alpha value is -0.910. The van der Waals surface area contributed by atoms with Crippen molar-refractivity contribution in [1.29, 1.82) is 0 Å². The van der Waals surface area contributed by atoms with E-state index in [4.69, 9.17) is 5.11 Å². The number of aliphatic carboxylic acids is 1. The molecule has 0 rings (SSSR count). The molecule has 0 saturated carbocycles. The summed E-state index contributed by atoms with van der Waals surface area (Å²) in [5, 5.41) is 14.4. The molecule has 0 heterocycles. The second-order valence-electron chi connectivity index (χ2n) is 5.04. The molecule has 2 atom stereocenters. The van der Waals surface area contributed by atoms with Crippen LogP contribution in [0.15, 0.2) is 0 Å². The quantitative estimate of drug-likeness (QED) is 0.513. The summed E-state index contributed by atoms with van der Waals surface area (Å²) in [5.41, 5.74) is 0. The van der Waals surface area contributed by atoms with Crippen LogP contribution in [0, 0.1) is 0 Å². The van der Waals surface area contributed by atoms with Crippen molar-refractivity contribution in [2.45, 2.75) is 64.5 Å². The minimum Gasteiger partial charge on any atom is -0.480 e. The molecule has 0 spiro atoms. The number of rotatable bonds is 11. The van der Waals surface area contributed by atoms with E-state index in [1.807, 2.05) is 13.2 Å². The Bertz CT molecular complexity index is 288. The van der Waals surface area contributed by atoms with Crippen molar-refractivity contribution < 1.29 is 14.7 Å². The molecular weight excluding hydrogens is 276 g/mol. The molecule has 3 N–H and O–H groups in total. The van der Waals surface area contributed by atoms with Crippen molar-refractivity contribution in [2.75, 3.05) is 12.0 Å². The molecule has 0 aromatic carbocycles. The van der Waals surface area contributed by atoms with Gasteiger partial charge in [-0.2, -0.15) is 11.8 Å². The number of carbonyl (C=O) groups excluding carboxylic acids is 1. The van der Waals surface area contributed by atoms with Crippen LogP contribution in [0.3, 0.4) is 0 Å². The van der Waals surface area contributed by atoms with E-state index in [9.17, 15) is 9.59 Å². The van der Waals surface area contributed by atoms with Crippen molar-refractivity contribution in [3.8, 4) is 0 Å². The van der Waals surface area contributed by atoms with Crippen molar-refractivity contribution in [1.82, 2.24) is 10.6 Å². The first-order valence-electron chi connectivity index (χ1n) is 7.30. The summed E-state index contributed by atoms with van der Waals surface area (Å²) < 4.78 is 0. The van der Waals surface area contributed by atoms with Crippen molar-refractivity contribution in [3.63, 3.8) is 0 Å². The Balaban J connectivity index is 3.95. The molecule has 2 amide bonds. The fourth-order valence-electron chi connectivity index (χ4n) is 1.87. The fraction of sp³-hybridized carbons (Fsp3) is 0.857. The molecule has 0 aromatic rings. The summed E-state index contributed by atoms with van der Waals surface area (Å²) >= 11 is 1.57. The highest BCUT2D eigenvalue weighted by Crippen LogP contribution is 2.05. The zero-order valence-electron chi connectivity index (χ0n) is 12.8. The molecule has 0 fully saturated rings. The lowest BCUT2D eigenvalue weighted by molar-refractivity contribution is -0.139. The van der Waals surface area contributed by atoms with E-state index in [1.54, 1.807) is 11.8 Å². The monoisotopic (exact) mass is 304 g/mol. The van der Waals surface area contributed by atoms with Gasteiger partial charge >= 0.3 is 12.0 Å². The van der Waals surface area contributed by atoms with E-state index in [-0.39, 0.29) is 12.1 Å². The number of hydrogen-bond acceptors (Lipinski definition) is 3. The van der Waals surface area contributed by atoms with Gasteiger partial charge in [0, 0.05) is 6.04 Å². The number of carboxylic acid groups (broad SMARTS) is 1. The van der Waals surface area contributed by atoms with Crippen molar-refractivity contribution in [2.24, 2.45) is 0 Å². The number of nitrogens with one attached hydrogen (secondary N) is 2. The Morgan fingerprint density at radius 3 is 2.40 bits per heavy atom. The molecule has 0 aliphatic rings. The van der Waals surface area contributed by atoms with Crippen LogP contribution in [0.4, 0.5) is 4.79 Å². The smallest absolute Gasteiger partial charge is 0.326 e. The summed E-state index contributed by atoms with van der Waals surface area (Å²) in [6.45, 7) is 4.11. The molecule has 20 heavy (non-hydrogen) atoms. The molecule has 118 valence electrons. The second kappa shape index (κ2) is 11.9. The zero-order chi connectivity index (χ0) is 15.4. The van der Waals surface area contributed by atoms with Crippen LogP contribution < -0.4 is 10.6 Å². The number of amides is 2. The largest absolute Gasteiger partial charge is 0.480 e. The number of hydrogen-bond donors (Lipinski definition) is 3. The Morgan fingerprint density at radius 1 is 1.15 bits per heavy atom. The average molecular weight is 304 g/mol. The van der Waals surface area contributed by atoms with E-state index in [2.05, 4.69) is 17.6 Å². The maximum absolute atomic E-state index is 11.7. The molecule has 0 aliphatic heterocycles. The maximum atomic E-state index is 11.7. The Labute approximate surface area is 126 Å². The first kappa shape index (κ1) is 19.1. The van der Waals surface area contributed by atoms with Crippen LogP contribution in [0.25, 0.3) is 0 Å². The molecule has 0 aromatic heterocycles. The predicted octanol–water partition coefficient (Wildman–Crippen LogP) is 2.85. The standard InChI is InChI=1S/C14H28N2O3S/c1-4-5-6-7-8-11(2)15-14(19)16-12(13(17)18)9-10-20-3/h11-12H,4-10H2,1-3H3,(H,17,18)(H2,15,16,19). The fourth-order valence-corrected chi connectivity index (χ4v) is 2.34. The van der Waals surface area contributed by atoms with Gasteiger partial charge in [0.15, 0.2) is 0 Å². The van der Waals surface area contributed by atoms with Crippen LogP contribution in [0.2, 0.25) is 0 Å². The lowest BCUT2D eigenvalue weighted by atomic mass is 10.1. The summed E-state index contributed by atoms with van der Waals surface area (Å²) in [5.74, 6) is -0.270. The summed E-state index contributed by atoms with van der Waals surface area (Å²) in [4.78, 5) is 22.7. The van der Waals surface area contributed by atoms with Gasteiger partial charge in [-0.1, -0.05) is 32.6 Å². The molecular formula is C14H28N2O3S. The van der Waals surface area contributed by atoms with Gasteiger partial charge in [-0.3, -0.25) is 0 Å². The molecule has 0 aliphatic carbocycles. The van der Waals surface area contributed by atoms with Crippen LogP contribution in [-0.2, 0) is 4.79 Å². The van der Waals surface area contributed by atoms with E-state index in [1.165, 1.54) is 19.3 Å². The minimum absolute atomic E-state index is 0.0712. The molecule has 5 nitrogen and oxygen atoms in total. The predicted molar refractivity (Wildman–Crippen MR) is 84.3 cm³/mol. The van der Waals surface area contributed by atoms with Crippen molar-refractivity contribution in [3.05, 3.63) is 0 Å². The summed E-state index contributed by atoms with van der Waals surface area (Å²) in [6.07, 6.45) is 7.95. The summed E-state index contributed by atoms with van der Waals surface area (Å²) in [7, 11) is 0. The SMILES string of the molecule is CCCCCCC(C)NC(=O)NC(CCSC)C(=O)O. The van der Waals surface area contributed by atoms with E-state index in [0.29, 0.717) is 12.2 Å². The molecule has 0 radical (unpaired) electrons. The number of unbranched alkanes of at least 4 members (excludes halogenated alkanes) is 3. The molecule has 0 saturated heterocycles. The highest BCUT2D eigenvalue weighted by Gasteiger charge is 2.19. The van der Waals surface area contributed by atoms with Crippen molar-refractivity contribution >= 4 is 23.8 Å². The van der Waals surface area contributed by atoms with Gasteiger partial charge in [-0.25, -0.2) is 9.59 Å². The van der Waals surface area contributed by atoms with E-state index >= 15 is 0 Å². The van der Waals surface area contributed by atoms with Crippen LogP contribution in [-0.4, -0.2) is 41.2 Å².